The third-order valence-corrected chi connectivity index (χ3v) is 3.24. The van der Waals surface area contributed by atoms with Crippen molar-refractivity contribution >= 4 is 23.4 Å². The number of carbonyl (C=O) groups excluding carboxylic acids is 3. The van der Waals surface area contributed by atoms with Gasteiger partial charge in [0.05, 0.1) is 12.1 Å². The standard InChI is InChI=1S/C15H14F3N3O3/c16-15(17,18)11(10-4-2-1-3-5-10)8-12(22)19-6-7-21-13(23)9-20-14(21)24/h1-5,8H,6-7,9H2,(H,19,22)(H,20,24). The predicted octanol–water partition coefficient (Wildman–Crippen LogP) is 1.30. The normalized spacial score (nSPS) is 15.5. The number of nitrogens with one attached hydrogen (secondary N) is 2. The number of amides is 4. The molecule has 1 aromatic carbocycles. The quantitative estimate of drug-likeness (QED) is 0.626. The van der Waals surface area contributed by atoms with Crippen LogP contribution >= 0.6 is 0 Å². The summed E-state index contributed by atoms with van der Waals surface area (Å²) in [6.45, 7) is -0.385. The monoisotopic (exact) mass is 341 g/mol. The van der Waals surface area contributed by atoms with E-state index in [-0.39, 0.29) is 25.2 Å². The molecule has 6 nitrogen and oxygen atoms in total. The van der Waals surface area contributed by atoms with E-state index in [1.54, 1.807) is 6.07 Å². The molecule has 1 heterocycles. The molecule has 0 saturated carbocycles. The Kier molecular flexibility index (Phi) is 5.22. The van der Waals surface area contributed by atoms with Crippen molar-refractivity contribution < 1.29 is 27.6 Å². The maximum Gasteiger partial charge on any atom is 0.417 e. The molecular formula is C15H14F3N3O3. The van der Waals surface area contributed by atoms with Crippen LogP contribution in [-0.2, 0) is 9.59 Å². The van der Waals surface area contributed by atoms with E-state index in [4.69, 9.17) is 0 Å². The van der Waals surface area contributed by atoms with Gasteiger partial charge in [0, 0.05) is 19.2 Å². The summed E-state index contributed by atoms with van der Waals surface area (Å²) in [6, 6.07) is 6.34. The Bertz CT molecular complexity index is 656. The van der Waals surface area contributed by atoms with Crippen molar-refractivity contribution in [3.63, 3.8) is 0 Å². The van der Waals surface area contributed by atoms with Crippen LogP contribution in [0.5, 0.6) is 0 Å². The number of benzene rings is 1. The van der Waals surface area contributed by atoms with Gasteiger partial charge in [0.25, 0.3) is 0 Å². The van der Waals surface area contributed by atoms with Crippen molar-refractivity contribution in [2.24, 2.45) is 0 Å². The number of rotatable bonds is 5. The average Bonchev–Trinajstić information content (AvgIpc) is 2.84. The first-order chi connectivity index (χ1) is 11.3. The van der Waals surface area contributed by atoms with E-state index >= 15 is 0 Å². The molecule has 0 bridgehead atoms. The number of halogens is 3. The molecule has 1 aliphatic heterocycles. The molecule has 0 aliphatic carbocycles. The summed E-state index contributed by atoms with van der Waals surface area (Å²) in [7, 11) is 0. The fourth-order valence-corrected chi connectivity index (χ4v) is 2.10. The van der Waals surface area contributed by atoms with Crippen molar-refractivity contribution in [3.8, 4) is 0 Å². The third-order valence-electron chi connectivity index (χ3n) is 3.24. The zero-order valence-corrected chi connectivity index (χ0v) is 12.4. The molecule has 2 rings (SSSR count). The molecule has 0 atom stereocenters. The van der Waals surface area contributed by atoms with Crippen LogP contribution in [0.1, 0.15) is 5.56 Å². The minimum absolute atomic E-state index is 0.114. The van der Waals surface area contributed by atoms with Crippen LogP contribution in [0.15, 0.2) is 36.4 Å². The molecule has 0 unspecified atom stereocenters. The summed E-state index contributed by atoms with van der Waals surface area (Å²) in [5.74, 6) is -1.41. The molecule has 1 aromatic rings. The van der Waals surface area contributed by atoms with Gasteiger partial charge < -0.3 is 10.6 Å². The van der Waals surface area contributed by atoms with Crippen LogP contribution in [0.25, 0.3) is 5.57 Å². The van der Waals surface area contributed by atoms with Crippen molar-refractivity contribution in [3.05, 3.63) is 42.0 Å². The topological polar surface area (TPSA) is 78.5 Å². The first-order valence-electron chi connectivity index (χ1n) is 6.99. The molecule has 1 aliphatic rings. The highest BCUT2D eigenvalue weighted by atomic mass is 19.4. The van der Waals surface area contributed by atoms with Crippen LogP contribution in [0.4, 0.5) is 18.0 Å². The minimum Gasteiger partial charge on any atom is -0.351 e. The number of nitrogens with zero attached hydrogens (tertiary/aromatic N) is 1. The summed E-state index contributed by atoms with van der Waals surface area (Å²) < 4.78 is 39.2. The molecule has 4 amide bonds. The smallest absolute Gasteiger partial charge is 0.351 e. The summed E-state index contributed by atoms with van der Waals surface area (Å²) in [5, 5.41) is 4.53. The molecule has 1 saturated heterocycles. The second-order valence-corrected chi connectivity index (χ2v) is 4.92. The van der Waals surface area contributed by atoms with E-state index in [1.807, 2.05) is 0 Å². The third kappa shape index (κ3) is 4.34. The average molecular weight is 341 g/mol. The molecule has 9 heteroatoms. The van der Waals surface area contributed by atoms with E-state index in [2.05, 4.69) is 10.6 Å². The Balaban J connectivity index is 2.00. The summed E-state index contributed by atoms with van der Waals surface area (Å²) in [4.78, 5) is 35.2. The van der Waals surface area contributed by atoms with Gasteiger partial charge in [-0.05, 0) is 5.56 Å². The molecule has 0 aromatic heterocycles. The number of carbonyl (C=O) groups is 3. The first kappa shape index (κ1) is 17.5. The number of hydrogen-bond acceptors (Lipinski definition) is 3. The van der Waals surface area contributed by atoms with Crippen molar-refractivity contribution in [1.82, 2.24) is 15.5 Å². The lowest BCUT2D eigenvalue weighted by molar-refractivity contribution is -0.125. The van der Waals surface area contributed by atoms with Crippen molar-refractivity contribution in [1.29, 1.82) is 0 Å². The van der Waals surface area contributed by atoms with E-state index in [0.29, 0.717) is 6.08 Å². The van der Waals surface area contributed by atoms with Crippen LogP contribution in [0.3, 0.4) is 0 Å². The SMILES string of the molecule is O=C(C=C(c1ccccc1)C(F)(F)F)NCCN1C(=O)CNC1=O. The van der Waals surface area contributed by atoms with Crippen LogP contribution in [0.2, 0.25) is 0 Å². The van der Waals surface area contributed by atoms with Crippen molar-refractivity contribution in [2.45, 2.75) is 6.18 Å². The van der Waals surface area contributed by atoms with Gasteiger partial charge in [-0.1, -0.05) is 30.3 Å². The Morgan fingerprint density at radius 3 is 2.46 bits per heavy atom. The van der Waals surface area contributed by atoms with Gasteiger partial charge in [0.1, 0.15) is 0 Å². The van der Waals surface area contributed by atoms with Gasteiger partial charge in [-0.25, -0.2) is 4.79 Å². The lowest BCUT2D eigenvalue weighted by atomic mass is 10.1. The number of urea groups is 1. The van der Waals surface area contributed by atoms with Gasteiger partial charge in [0.2, 0.25) is 11.8 Å². The number of imide groups is 1. The summed E-state index contributed by atoms with van der Waals surface area (Å²) in [6.07, 6.45) is -4.23. The number of hydrogen-bond donors (Lipinski definition) is 2. The zero-order chi connectivity index (χ0) is 17.7. The highest BCUT2D eigenvalue weighted by Crippen LogP contribution is 2.33. The molecule has 0 spiro atoms. The van der Waals surface area contributed by atoms with Crippen LogP contribution < -0.4 is 10.6 Å². The number of alkyl halides is 3. The van der Waals surface area contributed by atoms with E-state index in [1.165, 1.54) is 24.3 Å². The van der Waals surface area contributed by atoms with Gasteiger partial charge in [-0.2, -0.15) is 13.2 Å². The van der Waals surface area contributed by atoms with E-state index < -0.39 is 29.6 Å². The first-order valence-corrected chi connectivity index (χ1v) is 6.99. The molecule has 1 fully saturated rings. The van der Waals surface area contributed by atoms with E-state index in [9.17, 15) is 27.6 Å². The van der Waals surface area contributed by atoms with E-state index in [0.717, 1.165) is 4.90 Å². The Morgan fingerprint density at radius 2 is 1.92 bits per heavy atom. The number of allylic oxidation sites excluding steroid dienone is 1. The van der Waals surface area contributed by atoms with Gasteiger partial charge in [-0.15, -0.1) is 0 Å². The van der Waals surface area contributed by atoms with Crippen molar-refractivity contribution in [2.75, 3.05) is 19.6 Å². The second-order valence-electron chi connectivity index (χ2n) is 4.92. The fraction of sp³-hybridized carbons (Fsp3) is 0.267. The summed E-state index contributed by atoms with van der Waals surface area (Å²) in [5.41, 5.74) is -1.20. The molecule has 24 heavy (non-hydrogen) atoms. The predicted molar refractivity (Wildman–Crippen MR) is 78.6 cm³/mol. The Hall–Kier alpha value is -2.84. The Morgan fingerprint density at radius 1 is 1.25 bits per heavy atom. The highest BCUT2D eigenvalue weighted by Gasteiger charge is 2.35. The lowest BCUT2D eigenvalue weighted by Gasteiger charge is -2.14. The van der Waals surface area contributed by atoms with Gasteiger partial charge in [-0.3, -0.25) is 14.5 Å². The molecule has 0 radical (unpaired) electrons. The zero-order valence-electron chi connectivity index (χ0n) is 12.4. The maximum atomic E-state index is 13.1. The fourth-order valence-electron chi connectivity index (χ4n) is 2.10. The molecular weight excluding hydrogens is 327 g/mol. The largest absolute Gasteiger partial charge is 0.417 e. The minimum atomic E-state index is -4.69. The Labute approximate surface area is 135 Å². The highest BCUT2D eigenvalue weighted by molar-refractivity contribution is 6.02. The second kappa shape index (κ2) is 7.16. The molecule has 2 N–H and O–H groups in total. The summed E-state index contributed by atoms with van der Waals surface area (Å²) >= 11 is 0. The van der Waals surface area contributed by atoms with Gasteiger partial charge in [0.15, 0.2) is 0 Å². The van der Waals surface area contributed by atoms with Gasteiger partial charge >= 0.3 is 12.2 Å². The van der Waals surface area contributed by atoms with Crippen LogP contribution in [-0.4, -0.2) is 48.6 Å². The maximum absolute atomic E-state index is 13.1. The van der Waals surface area contributed by atoms with Crippen LogP contribution in [0, 0.1) is 0 Å². The molecule has 128 valence electrons. The lowest BCUT2D eigenvalue weighted by Crippen LogP contribution is -2.38.